The number of amides is 1. The monoisotopic (exact) mass is 265 g/mol. The summed E-state index contributed by atoms with van der Waals surface area (Å²) in [4.78, 5) is 19.2. The first-order valence-electron chi connectivity index (χ1n) is 5.36. The van der Waals surface area contributed by atoms with Gasteiger partial charge >= 0.3 is 0 Å². The molecule has 0 spiro atoms. The molecule has 0 bridgehead atoms. The number of carbonyl (C=O) groups is 2. The molecule has 1 fully saturated rings. The smallest absolute Gasteiger partial charge is 0.214 e. The van der Waals surface area contributed by atoms with Crippen LogP contribution in [0, 0.1) is 0 Å². The molecule has 18 heavy (non-hydrogen) atoms. The van der Waals surface area contributed by atoms with E-state index in [-0.39, 0.29) is 18.9 Å². The molecule has 0 radical (unpaired) electrons. The Kier molecular flexibility index (Phi) is 8.42. The van der Waals surface area contributed by atoms with Gasteiger partial charge in [0, 0.05) is 13.3 Å². The minimum Gasteiger partial charge on any atom is -0.394 e. The first-order valence-corrected chi connectivity index (χ1v) is 5.36. The number of rotatable bonds is 4. The van der Waals surface area contributed by atoms with Gasteiger partial charge in [-0.05, 0) is 0 Å². The Morgan fingerprint density at radius 3 is 2.56 bits per heavy atom. The van der Waals surface area contributed by atoms with E-state index >= 15 is 0 Å². The number of ether oxygens (including phenoxy) is 2. The Labute approximate surface area is 104 Å². The van der Waals surface area contributed by atoms with Crippen molar-refractivity contribution >= 4 is 12.2 Å². The Balaban J connectivity index is 0.000000631. The molecule has 4 atom stereocenters. The van der Waals surface area contributed by atoms with E-state index in [0.717, 1.165) is 0 Å². The molecular formula is C10H19NO7. The van der Waals surface area contributed by atoms with Gasteiger partial charge in [0.2, 0.25) is 5.91 Å². The van der Waals surface area contributed by atoms with Crippen molar-refractivity contribution in [2.75, 3.05) is 13.2 Å². The van der Waals surface area contributed by atoms with Crippen molar-refractivity contribution in [3.05, 3.63) is 0 Å². The largest absolute Gasteiger partial charge is 0.394 e. The van der Waals surface area contributed by atoms with Gasteiger partial charge in [-0.25, -0.2) is 0 Å². The summed E-state index contributed by atoms with van der Waals surface area (Å²) >= 11 is 0. The lowest BCUT2D eigenvalue weighted by atomic mass is 10.0. The fourth-order valence-electron chi connectivity index (χ4n) is 1.32. The fraction of sp³-hybridized carbons (Fsp3) is 0.800. The second kappa shape index (κ2) is 8.95. The van der Waals surface area contributed by atoms with Crippen molar-refractivity contribution in [1.82, 2.24) is 0 Å². The first kappa shape index (κ1) is 16.9. The van der Waals surface area contributed by atoms with Crippen LogP contribution in [0.3, 0.4) is 0 Å². The quantitative estimate of drug-likeness (QED) is 0.413. The zero-order chi connectivity index (χ0) is 14.1. The van der Waals surface area contributed by atoms with E-state index in [4.69, 9.17) is 14.6 Å². The minimum atomic E-state index is -1.11. The van der Waals surface area contributed by atoms with Crippen LogP contribution in [0.2, 0.25) is 0 Å². The van der Waals surface area contributed by atoms with Crippen molar-refractivity contribution < 1.29 is 34.4 Å². The van der Waals surface area contributed by atoms with Gasteiger partial charge in [-0.1, -0.05) is 0 Å². The van der Waals surface area contributed by atoms with Crippen LogP contribution in [0.15, 0.2) is 0 Å². The molecule has 4 unspecified atom stereocenters. The van der Waals surface area contributed by atoms with Gasteiger partial charge in [0.1, 0.15) is 25.1 Å². The predicted octanol–water partition coefficient (Wildman–Crippen LogP) is -2.48. The highest BCUT2D eigenvalue weighted by molar-refractivity contribution is 5.70. The number of hydrogen-bond acceptors (Lipinski definition) is 7. The van der Waals surface area contributed by atoms with E-state index in [0.29, 0.717) is 6.29 Å². The average molecular weight is 265 g/mol. The molecule has 8 heteroatoms. The maximum Gasteiger partial charge on any atom is 0.214 e. The average Bonchev–Trinajstić information content (AvgIpc) is 2.29. The summed E-state index contributed by atoms with van der Waals surface area (Å²) in [5, 5.41) is 27.5. The number of carbonyl (C=O) groups excluding carboxylic acids is 2. The molecule has 0 aliphatic carbocycles. The second-order valence-electron chi connectivity index (χ2n) is 3.69. The second-order valence-corrected chi connectivity index (χ2v) is 3.69. The van der Waals surface area contributed by atoms with Gasteiger partial charge in [-0.15, -0.1) is 0 Å². The van der Waals surface area contributed by atoms with Gasteiger partial charge in [-0.2, -0.15) is 0 Å². The topological polar surface area (TPSA) is 139 Å². The van der Waals surface area contributed by atoms with Gasteiger partial charge < -0.3 is 35.3 Å². The highest BCUT2D eigenvalue weighted by atomic mass is 16.7. The van der Waals surface area contributed by atoms with E-state index in [9.17, 15) is 19.8 Å². The summed E-state index contributed by atoms with van der Waals surface area (Å²) in [5.74, 6) is -0.333. The summed E-state index contributed by atoms with van der Waals surface area (Å²) in [7, 11) is 0. The van der Waals surface area contributed by atoms with Crippen LogP contribution < -0.4 is 5.73 Å². The maximum absolute atomic E-state index is 10.0. The van der Waals surface area contributed by atoms with E-state index in [2.05, 4.69) is 5.73 Å². The molecule has 1 aliphatic heterocycles. The van der Waals surface area contributed by atoms with E-state index in [1.165, 1.54) is 6.92 Å². The number of aliphatic hydroxyl groups is 3. The highest BCUT2D eigenvalue weighted by Crippen LogP contribution is 2.20. The molecule has 1 rings (SSSR count). The number of primary amides is 1. The van der Waals surface area contributed by atoms with Gasteiger partial charge in [-0.3, -0.25) is 4.79 Å². The van der Waals surface area contributed by atoms with Crippen molar-refractivity contribution in [3.8, 4) is 0 Å². The summed E-state index contributed by atoms with van der Waals surface area (Å²) in [6.45, 7) is 0.769. The van der Waals surface area contributed by atoms with Gasteiger partial charge in [0.05, 0.1) is 12.7 Å². The third-order valence-corrected chi connectivity index (χ3v) is 2.07. The molecule has 0 aromatic heterocycles. The molecule has 1 heterocycles. The van der Waals surface area contributed by atoms with Crippen LogP contribution in [0.4, 0.5) is 0 Å². The van der Waals surface area contributed by atoms with E-state index in [1.807, 2.05) is 0 Å². The number of hydrogen-bond donors (Lipinski definition) is 4. The molecule has 1 aliphatic rings. The molecule has 0 aromatic carbocycles. The normalized spacial score (nSPS) is 31.1. The Bertz CT molecular complexity index is 257. The molecule has 8 nitrogen and oxygen atoms in total. The van der Waals surface area contributed by atoms with Crippen molar-refractivity contribution in [2.24, 2.45) is 5.73 Å². The fourth-order valence-corrected chi connectivity index (χ4v) is 1.32. The molecule has 5 N–H and O–H groups in total. The summed E-state index contributed by atoms with van der Waals surface area (Å²) in [6, 6.07) is 0. The molecule has 1 saturated heterocycles. The zero-order valence-corrected chi connectivity index (χ0v) is 10.1. The number of aldehydes is 1. The summed E-state index contributed by atoms with van der Waals surface area (Å²) in [6.07, 6.45) is -3.08. The molecule has 0 aromatic rings. The standard InChI is InChI=1S/C8H14O6.C2H5NO/c9-1-2-13-7-3-5(11)8(12)6(4-10)14-7;1-2(3)4/h1,5-8,10-12H,2-4H2;1H3,(H2,3,4). The SMILES string of the molecule is CC(N)=O.O=CCOC1CC(O)C(O)C(CO)O1. The highest BCUT2D eigenvalue weighted by Gasteiger charge is 2.36. The van der Waals surface area contributed by atoms with Crippen LogP contribution in [-0.2, 0) is 19.1 Å². The van der Waals surface area contributed by atoms with Crippen LogP contribution >= 0.6 is 0 Å². The third-order valence-electron chi connectivity index (χ3n) is 2.07. The Hall–Kier alpha value is -1.06. The first-order chi connectivity index (χ1) is 8.42. The lowest BCUT2D eigenvalue weighted by molar-refractivity contribution is -0.254. The molecular weight excluding hydrogens is 246 g/mol. The molecule has 0 saturated carbocycles. The van der Waals surface area contributed by atoms with Crippen molar-refractivity contribution in [1.29, 1.82) is 0 Å². The van der Waals surface area contributed by atoms with Gasteiger partial charge in [0.25, 0.3) is 0 Å². The van der Waals surface area contributed by atoms with Crippen LogP contribution in [-0.4, -0.2) is 65.3 Å². The number of aliphatic hydroxyl groups excluding tert-OH is 3. The Morgan fingerprint density at radius 1 is 1.56 bits per heavy atom. The van der Waals surface area contributed by atoms with E-state index in [1.54, 1.807) is 0 Å². The molecule has 1 amide bonds. The van der Waals surface area contributed by atoms with Crippen LogP contribution in [0.5, 0.6) is 0 Å². The van der Waals surface area contributed by atoms with Crippen molar-refractivity contribution in [2.45, 2.75) is 37.9 Å². The predicted molar refractivity (Wildman–Crippen MR) is 59.3 cm³/mol. The summed E-state index contributed by atoms with van der Waals surface area (Å²) in [5.41, 5.74) is 4.47. The maximum atomic E-state index is 10.0. The van der Waals surface area contributed by atoms with Crippen LogP contribution in [0.1, 0.15) is 13.3 Å². The van der Waals surface area contributed by atoms with Gasteiger partial charge in [0.15, 0.2) is 6.29 Å². The summed E-state index contributed by atoms with van der Waals surface area (Å²) < 4.78 is 9.99. The molecule has 106 valence electrons. The van der Waals surface area contributed by atoms with Crippen LogP contribution in [0.25, 0.3) is 0 Å². The minimum absolute atomic E-state index is 0.0888. The zero-order valence-electron chi connectivity index (χ0n) is 10.1. The lowest BCUT2D eigenvalue weighted by Gasteiger charge is -2.35. The lowest BCUT2D eigenvalue weighted by Crippen LogP contribution is -2.50. The third kappa shape index (κ3) is 6.62. The number of nitrogens with two attached hydrogens (primary N) is 1. The van der Waals surface area contributed by atoms with E-state index < -0.39 is 31.2 Å². The Morgan fingerprint density at radius 2 is 2.11 bits per heavy atom. The van der Waals surface area contributed by atoms with Crippen molar-refractivity contribution in [3.63, 3.8) is 0 Å².